The number of carbonyl (C=O) groups excluding carboxylic acids is 1. The van der Waals surface area contributed by atoms with E-state index in [1.54, 1.807) is 13.2 Å². The van der Waals surface area contributed by atoms with E-state index in [1.807, 2.05) is 0 Å². The molecule has 2 rings (SSSR count). The number of methoxy groups -OCH3 is 1. The van der Waals surface area contributed by atoms with Gasteiger partial charge in [0.15, 0.2) is 0 Å². The third-order valence-electron chi connectivity index (χ3n) is 2.28. The van der Waals surface area contributed by atoms with Gasteiger partial charge in [0.25, 0.3) is 5.91 Å². The van der Waals surface area contributed by atoms with Gasteiger partial charge in [-0.25, -0.2) is 4.98 Å². The van der Waals surface area contributed by atoms with E-state index in [9.17, 15) is 4.79 Å². The molecule has 0 aliphatic heterocycles. The van der Waals surface area contributed by atoms with Crippen LogP contribution < -0.4 is 11.5 Å². The lowest BCUT2D eigenvalue weighted by molar-refractivity contribution is 0.100. The van der Waals surface area contributed by atoms with Gasteiger partial charge in [-0.05, 0) is 6.07 Å². The van der Waals surface area contributed by atoms with Gasteiger partial charge in [0.05, 0.1) is 15.1 Å². The first-order chi connectivity index (χ1) is 8.63. The predicted molar refractivity (Wildman–Crippen MR) is 71.3 cm³/mol. The van der Waals surface area contributed by atoms with Crippen LogP contribution in [0.5, 0.6) is 0 Å². The number of nitrogens with zero attached hydrogens (tertiary/aromatic N) is 1. The molecule has 0 bridgehead atoms. The Hall–Kier alpha value is -2.10. The maximum absolute atomic E-state index is 11.3. The number of ether oxygens (including phenoxy) is 1. The Balaban J connectivity index is 2.56. The van der Waals surface area contributed by atoms with Crippen LogP contribution >= 0.6 is 11.3 Å². The highest BCUT2D eigenvalue weighted by Gasteiger charge is 2.12. The molecule has 0 saturated heterocycles. The van der Waals surface area contributed by atoms with Crippen molar-refractivity contribution in [2.24, 2.45) is 5.73 Å². The summed E-state index contributed by atoms with van der Waals surface area (Å²) in [7, 11) is 1.58. The van der Waals surface area contributed by atoms with Crippen LogP contribution in [-0.2, 0) is 4.74 Å². The molecule has 0 atom stereocenters. The number of amides is 1. The van der Waals surface area contributed by atoms with Gasteiger partial charge >= 0.3 is 0 Å². The minimum Gasteiger partial charge on any atom is -0.383 e. The van der Waals surface area contributed by atoms with Gasteiger partial charge < -0.3 is 16.2 Å². The molecule has 0 spiro atoms. The summed E-state index contributed by atoms with van der Waals surface area (Å²) in [6.07, 6.45) is 1.39. The minimum atomic E-state index is -0.522. The lowest BCUT2D eigenvalue weighted by Crippen LogP contribution is -2.11. The Kier molecular flexibility index (Phi) is 3.46. The van der Waals surface area contributed by atoms with Crippen LogP contribution in [0.4, 0.5) is 5.82 Å². The fourth-order valence-corrected chi connectivity index (χ4v) is 2.53. The summed E-state index contributed by atoms with van der Waals surface area (Å²) in [6, 6.07) is 1.80. The molecule has 0 saturated carbocycles. The van der Waals surface area contributed by atoms with Gasteiger partial charge in [-0.1, -0.05) is 11.8 Å². The Morgan fingerprint density at radius 1 is 1.61 bits per heavy atom. The molecule has 2 heterocycles. The summed E-state index contributed by atoms with van der Waals surface area (Å²) in [5.74, 6) is 5.62. The highest BCUT2D eigenvalue weighted by atomic mass is 32.1. The van der Waals surface area contributed by atoms with Crippen molar-refractivity contribution >= 4 is 33.1 Å². The Morgan fingerprint density at radius 2 is 2.39 bits per heavy atom. The summed E-state index contributed by atoms with van der Waals surface area (Å²) in [5.41, 5.74) is 11.4. The number of fused-ring (bicyclic) bond motifs is 1. The predicted octanol–water partition coefficient (Wildman–Crippen LogP) is 0.975. The van der Waals surface area contributed by atoms with Gasteiger partial charge in [-0.3, -0.25) is 4.79 Å². The van der Waals surface area contributed by atoms with E-state index < -0.39 is 5.91 Å². The highest BCUT2D eigenvalue weighted by Crippen LogP contribution is 2.30. The molecule has 1 amide bonds. The van der Waals surface area contributed by atoms with Crippen LogP contribution in [0.3, 0.4) is 0 Å². The zero-order chi connectivity index (χ0) is 13.1. The number of rotatable bonds is 2. The fraction of sp³-hybridized carbons (Fsp3) is 0.167. The number of primary amides is 1. The van der Waals surface area contributed by atoms with Crippen molar-refractivity contribution in [3.05, 3.63) is 22.7 Å². The van der Waals surface area contributed by atoms with Crippen molar-refractivity contribution in [1.29, 1.82) is 0 Å². The second kappa shape index (κ2) is 5.04. The average Bonchev–Trinajstić information content (AvgIpc) is 2.74. The molecular weight excluding hydrogens is 250 g/mol. The molecule has 18 heavy (non-hydrogen) atoms. The molecule has 2 aromatic heterocycles. The van der Waals surface area contributed by atoms with Gasteiger partial charge in [-0.2, -0.15) is 0 Å². The molecule has 0 unspecified atom stereocenters. The van der Waals surface area contributed by atoms with E-state index in [2.05, 4.69) is 16.8 Å². The number of hydrogen-bond acceptors (Lipinski definition) is 5. The van der Waals surface area contributed by atoms with Crippen LogP contribution in [0.1, 0.15) is 15.2 Å². The SMILES string of the molecule is COCC#Cc1cc2c(N)ncc(C(N)=O)c2s1. The van der Waals surface area contributed by atoms with Crippen LogP contribution in [0, 0.1) is 11.8 Å². The second-order valence-corrected chi connectivity index (χ2v) is 4.56. The van der Waals surface area contributed by atoms with Gasteiger partial charge in [0, 0.05) is 18.7 Å². The van der Waals surface area contributed by atoms with E-state index in [0.29, 0.717) is 23.4 Å². The number of hydrogen-bond donors (Lipinski definition) is 2. The zero-order valence-electron chi connectivity index (χ0n) is 9.69. The number of pyridine rings is 1. The number of carbonyl (C=O) groups is 1. The van der Waals surface area contributed by atoms with E-state index in [1.165, 1.54) is 17.5 Å². The molecule has 0 aliphatic carbocycles. The molecular formula is C12H11N3O2S. The summed E-state index contributed by atoms with van der Waals surface area (Å²) in [6.45, 7) is 0.352. The number of thiophene rings is 1. The summed E-state index contributed by atoms with van der Waals surface area (Å²) >= 11 is 1.37. The first-order valence-electron chi connectivity index (χ1n) is 5.09. The first kappa shape index (κ1) is 12.4. The van der Waals surface area contributed by atoms with E-state index in [-0.39, 0.29) is 0 Å². The van der Waals surface area contributed by atoms with Gasteiger partial charge in [0.1, 0.15) is 12.4 Å². The van der Waals surface area contributed by atoms with Crippen LogP contribution in [0.15, 0.2) is 12.3 Å². The van der Waals surface area contributed by atoms with Gasteiger partial charge in [-0.15, -0.1) is 11.3 Å². The van der Waals surface area contributed by atoms with Gasteiger partial charge in [0.2, 0.25) is 0 Å². The molecule has 2 aromatic rings. The van der Waals surface area contributed by atoms with E-state index in [4.69, 9.17) is 16.2 Å². The van der Waals surface area contributed by atoms with Crippen LogP contribution in [0.25, 0.3) is 10.1 Å². The lowest BCUT2D eigenvalue weighted by Gasteiger charge is -1.98. The Bertz CT molecular complexity index is 667. The van der Waals surface area contributed by atoms with Crippen molar-refractivity contribution in [3.8, 4) is 11.8 Å². The maximum Gasteiger partial charge on any atom is 0.251 e. The van der Waals surface area contributed by atoms with Crippen molar-refractivity contribution in [1.82, 2.24) is 4.98 Å². The van der Waals surface area contributed by atoms with Crippen LogP contribution in [-0.4, -0.2) is 24.6 Å². The zero-order valence-corrected chi connectivity index (χ0v) is 10.5. The van der Waals surface area contributed by atoms with Crippen molar-refractivity contribution < 1.29 is 9.53 Å². The quantitative estimate of drug-likeness (QED) is 0.788. The molecule has 5 nitrogen and oxygen atoms in total. The molecule has 0 fully saturated rings. The Labute approximate surface area is 108 Å². The van der Waals surface area contributed by atoms with Crippen molar-refractivity contribution in [2.75, 3.05) is 19.5 Å². The number of nitrogen functional groups attached to an aromatic ring is 1. The third kappa shape index (κ3) is 2.27. The molecule has 0 aromatic carbocycles. The first-order valence-corrected chi connectivity index (χ1v) is 5.90. The summed E-state index contributed by atoms with van der Waals surface area (Å²) < 4.78 is 5.56. The summed E-state index contributed by atoms with van der Waals surface area (Å²) in [5, 5.41) is 0.706. The topological polar surface area (TPSA) is 91.2 Å². The maximum atomic E-state index is 11.3. The molecule has 92 valence electrons. The molecule has 6 heteroatoms. The second-order valence-electron chi connectivity index (χ2n) is 3.51. The smallest absolute Gasteiger partial charge is 0.251 e. The van der Waals surface area contributed by atoms with E-state index >= 15 is 0 Å². The lowest BCUT2D eigenvalue weighted by atomic mass is 10.2. The largest absolute Gasteiger partial charge is 0.383 e. The standard InChI is InChI=1S/C12H11N3O2S/c1-17-4-2-3-7-5-8-10(18-7)9(12(14)16)6-15-11(8)13/h5-6H,4H2,1H3,(H2,13,15)(H2,14,16). The minimum absolute atomic E-state index is 0.352. The Morgan fingerprint density at radius 3 is 3.06 bits per heavy atom. The normalized spacial score (nSPS) is 10.1. The van der Waals surface area contributed by atoms with E-state index in [0.717, 1.165) is 9.58 Å². The third-order valence-corrected chi connectivity index (χ3v) is 3.36. The van der Waals surface area contributed by atoms with Crippen molar-refractivity contribution in [3.63, 3.8) is 0 Å². The average molecular weight is 261 g/mol. The molecule has 0 radical (unpaired) electrons. The van der Waals surface area contributed by atoms with Crippen molar-refractivity contribution in [2.45, 2.75) is 0 Å². The summed E-state index contributed by atoms with van der Waals surface area (Å²) in [4.78, 5) is 16.0. The molecule has 0 aliphatic rings. The molecule has 4 N–H and O–H groups in total. The fourth-order valence-electron chi connectivity index (χ4n) is 1.48. The number of aromatic nitrogens is 1. The number of nitrogens with two attached hydrogens (primary N) is 2. The number of anilines is 1. The highest BCUT2D eigenvalue weighted by molar-refractivity contribution is 7.20. The van der Waals surface area contributed by atoms with Crippen LogP contribution in [0.2, 0.25) is 0 Å². The monoisotopic (exact) mass is 261 g/mol.